The molecule has 0 saturated carbocycles. The molecule has 8 nitrogen and oxygen atoms in total. The predicted octanol–water partition coefficient (Wildman–Crippen LogP) is 2.67. The fourth-order valence-electron chi connectivity index (χ4n) is 3.52. The van der Waals surface area contributed by atoms with Gasteiger partial charge in [0, 0.05) is 31.2 Å². The standard InChI is InChI=1S/C20H20Cl2N4O4/c21-13-1-3-16(17(22)9-13)19(28)25-7-5-24(6-8-25)18-4-2-14(10-23-18)26-11-15(12-27)30-20(26)29/h1-4,9-10,15,27H,5-8,11-12H2/t15-/m1/s1. The van der Waals surface area contributed by atoms with E-state index < -0.39 is 12.2 Å². The zero-order valence-corrected chi connectivity index (χ0v) is 17.5. The molecule has 2 saturated heterocycles. The molecule has 2 aliphatic rings. The molecule has 1 aromatic carbocycles. The number of halogens is 2. The zero-order chi connectivity index (χ0) is 21.3. The fourth-order valence-corrected chi connectivity index (χ4v) is 4.01. The first-order valence-electron chi connectivity index (χ1n) is 9.50. The normalized spacial score (nSPS) is 19.2. The lowest BCUT2D eigenvalue weighted by atomic mass is 10.1. The Hall–Kier alpha value is -2.55. The van der Waals surface area contributed by atoms with Crippen molar-refractivity contribution in [2.24, 2.45) is 0 Å². The molecular weight excluding hydrogens is 431 g/mol. The number of pyridine rings is 1. The van der Waals surface area contributed by atoms with Gasteiger partial charge in [0.1, 0.15) is 11.9 Å². The van der Waals surface area contributed by atoms with Crippen LogP contribution in [0.4, 0.5) is 16.3 Å². The zero-order valence-electron chi connectivity index (χ0n) is 16.0. The number of hydrogen-bond donors (Lipinski definition) is 1. The quantitative estimate of drug-likeness (QED) is 0.770. The summed E-state index contributed by atoms with van der Waals surface area (Å²) in [5, 5.41) is 9.99. The van der Waals surface area contributed by atoms with E-state index in [4.69, 9.17) is 33.0 Å². The van der Waals surface area contributed by atoms with E-state index in [0.717, 1.165) is 5.82 Å². The first-order valence-corrected chi connectivity index (χ1v) is 10.3. The highest BCUT2D eigenvalue weighted by Crippen LogP contribution is 2.25. The Kier molecular flexibility index (Phi) is 5.99. The van der Waals surface area contributed by atoms with Gasteiger partial charge in [0.2, 0.25) is 0 Å². The highest BCUT2D eigenvalue weighted by Gasteiger charge is 2.32. The lowest BCUT2D eigenvalue weighted by Gasteiger charge is -2.35. The monoisotopic (exact) mass is 450 g/mol. The molecule has 0 radical (unpaired) electrons. The molecule has 1 N–H and O–H groups in total. The van der Waals surface area contributed by atoms with Gasteiger partial charge in [-0.25, -0.2) is 9.78 Å². The highest BCUT2D eigenvalue weighted by molar-refractivity contribution is 6.36. The van der Waals surface area contributed by atoms with Gasteiger partial charge < -0.3 is 19.6 Å². The number of piperazine rings is 1. The lowest BCUT2D eigenvalue weighted by Crippen LogP contribution is -2.49. The Balaban J connectivity index is 1.37. The summed E-state index contributed by atoms with van der Waals surface area (Å²) in [7, 11) is 0. The van der Waals surface area contributed by atoms with Crippen LogP contribution in [0.15, 0.2) is 36.5 Å². The molecule has 0 bridgehead atoms. The Morgan fingerprint density at radius 3 is 2.53 bits per heavy atom. The minimum atomic E-state index is -0.517. The summed E-state index contributed by atoms with van der Waals surface area (Å²) >= 11 is 12.1. The molecule has 2 aliphatic heterocycles. The number of aliphatic hydroxyl groups is 1. The summed E-state index contributed by atoms with van der Waals surface area (Å²) in [6, 6.07) is 8.50. The first-order chi connectivity index (χ1) is 14.5. The molecule has 0 aliphatic carbocycles. The molecule has 1 aromatic heterocycles. The smallest absolute Gasteiger partial charge is 0.414 e. The maximum atomic E-state index is 12.7. The van der Waals surface area contributed by atoms with Gasteiger partial charge in [0.05, 0.1) is 35.6 Å². The summed E-state index contributed by atoms with van der Waals surface area (Å²) in [4.78, 5) is 34.4. The van der Waals surface area contributed by atoms with E-state index in [-0.39, 0.29) is 12.5 Å². The second-order valence-electron chi connectivity index (χ2n) is 7.08. The van der Waals surface area contributed by atoms with E-state index in [1.165, 1.54) is 4.90 Å². The highest BCUT2D eigenvalue weighted by atomic mass is 35.5. The molecule has 4 rings (SSSR count). The van der Waals surface area contributed by atoms with Gasteiger partial charge in [0.25, 0.3) is 5.91 Å². The van der Waals surface area contributed by atoms with Crippen LogP contribution < -0.4 is 9.80 Å². The van der Waals surface area contributed by atoms with Crippen molar-refractivity contribution in [3.63, 3.8) is 0 Å². The van der Waals surface area contributed by atoms with Gasteiger partial charge in [-0.3, -0.25) is 9.69 Å². The fraction of sp³-hybridized carbons (Fsp3) is 0.350. The Bertz CT molecular complexity index is 948. The van der Waals surface area contributed by atoms with Crippen molar-refractivity contribution in [1.29, 1.82) is 0 Å². The molecule has 30 heavy (non-hydrogen) atoms. The predicted molar refractivity (Wildman–Crippen MR) is 114 cm³/mol. The molecule has 3 heterocycles. The van der Waals surface area contributed by atoms with Crippen molar-refractivity contribution in [2.45, 2.75) is 6.10 Å². The van der Waals surface area contributed by atoms with E-state index in [0.29, 0.717) is 54.0 Å². The largest absolute Gasteiger partial charge is 0.441 e. The number of nitrogens with zero attached hydrogens (tertiary/aromatic N) is 4. The summed E-state index contributed by atoms with van der Waals surface area (Å²) in [5.41, 5.74) is 1.06. The molecule has 158 valence electrons. The number of ether oxygens (including phenoxy) is 1. The van der Waals surface area contributed by atoms with Crippen molar-refractivity contribution < 1.29 is 19.4 Å². The number of hydrogen-bond acceptors (Lipinski definition) is 6. The number of amides is 2. The molecule has 0 unspecified atom stereocenters. The number of anilines is 2. The van der Waals surface area contributed by atoms with E-state index >= 15 is 0 Å². The number of cyclic esters (lactones) is 1. The summed E-state index contributed by atoms with van der Waals surface area (Å²) in [6.45, 7) is 2.42. The maximum absolute atomic E-state index is 12.7. The average molecular weight is 451 g/mol. The summed E-state index contributed by atoms with van der Waals surface area (Å²) in [6.07, 6.45) is 0.606. The molecule has 2 amide bonds. The summed E-state index contributed by atoms with van der Waals surface area (Å²) < 4.78 is 5.05. The maximum Gasteiger partial charge on any atom is 0.414 e. The second-order valence-corrected chi connectivity index (χ2v) is 7.92. The van der Waals surface area contributed by atoms with Crippen LogP contribution in [0.1, 0.15) is 10.4 Å². The first kappa shape index (κ1) is 20.7. The Morgan fingerprint density at radius 1 is 1.17 bits per heavy atom. The van der Waals surface area contributed by atoms with E-state index in [1.807, 2.05) is 6.07 Å². The minimum Gasteiger partial charge on any atom is -0.441 e. The van der Waals surface area contributed by atoms with Crippen molar-refractivity contribution in [2.75, 3.05) is 49.1 Å². The van der Waals surface area contributed by atoms with Crippen molar-refractivity contribution in [1.82, 2.24) is 9.88 Å². The van der Waals surface area contributed by atoms with Crippen molar-refractivity contribution >= 4 is 46.7 Å². The third-order valence-corrected chi connectivity index (χ3v) is 5.72. The van der Waals surface area contributed by atoms with Crippen LogP contribution in [0.2, 0.25) is 10.0 Å². The molecule has 2 aromatic rings. The number of carbonyl (C=O) groups excluding carboxylic acids is 2. The van der Waals surface area contributed by atoms with Crippen molar-refractivity contribution in [3.8, 4) is 0 Å². The number of carbonyl (C=O) groups is 2. The van der Waals surface area contributed by atoms with Crippen LogP contribution in [0, 0.1) is 0 Å². The SMILES string of the molecule is O=C(c1ccc(Cl)cc1Cl)N1CCN(c2ccc(N3C[C@H](CO)OC3=O)cn2)CC1. The molecule has 10 heteroatoms. The topological polar surface area (TPSA) is 86.2 Å². The molecule has 1 atom stereocenters. The van der Waals surface area contributed by atoms with Crippen LogP contribution in [-0.4, -0.2) is 72.4 Å². The Labute approximate surface area is 183 Å². The van der Waals surface area contributed by atoms with Gasteiger partial charge in [0.15, 0.2) is 0 Å². The number of rotatable bonds is 4. The molecule has 2 fully saturated rings. The minimum absolute atomic E-state index is 0.120. The van der Waals surface area contributed by atoms with Gasteiger partial charge >= 0.3 is 6.09 Å². The van der Waals surface area contributed by atoms with E-state index in [9.17, 15) is 9.59 Å². The number of aliphatic hydroxyl groups excluding tert-OH is 1. The van der Waals surface area contributed by atoms with Gasteiger partial charge in [-0.05, 0) is 30.3 Å². The Morgan fingerprint density at radius 2 is 1.93 bits per heavy atom. The van der Waals surface area contributed by atoms with Crippen LogP contribution in [0.3, 0.4) is 0 Å². The third-order valence-electron chi connectivity index (χ3n) is 5.17. The summed E-state index contributed by atoms with van der Waals surface area (Å²) in [5.74, 6) is 0.646. The molecular formula is C20H20Cl2N4O4. The van der Waals surface area contributed by atoms with Gasteiger partial charge in [-0.15, -0.1) is 0 Å². The third kappa shape index (κ3) is 4.16. The van der Waals surface area contributed by atoms with Crippen LogP contribution in [0.5, 0.6) is 0 Å². The van der Waals surface area contributed by atoms with Gasteiger partial charge in [-0.2, -0.15) is 0 Å². The van der Waals surface area contributed by atoms with Crippen LogP contribution >= 0.6 is 23.2 Å². The number of benzene rings is 1. The van der Waals surface area contributed by atoms with Crippen molar-refractivity contribution in [3.05, 3.63) is 52.1 Å². The lowest BCUT2D eigenvalue weighted by molar-refractivity contribution is 0.0746. The van der Waals surface area contributed by atoms with Crippen LogP contribution in [-0.2, 0) is 4.74 Å². The number of aromatic nitrogens is 1. The van der Waals surface area contributed by atoms with Gasteiger partial charge in [-0.1, -0.05) is 23.2 Å². The molecule has 0 spiro atoms. The van der Waals surface area contributed by atoms with Crippen LogP contribution in [0.25, 0.3) is 0 Å². The van der Waals surface area contributed by atoms with E-state index in [2.05, 4.69) is 9.88 Å². The average Bonchev–Trinajstić information content (AvgIpc) is 3.14. The second kappa shape index (κ2) is 8.67. The van der Waals surface area contributed by atoms with E-state index in [1.54, 1.807) is 35.4 Å².